The topological polar surface area (TPSA) is 37.8 Å². The molecule has 1 aromatic rings. The van der Waals surface area contributed by atoms with Gasteiger partial charge in [0.05, 0.1) is 0 Å². The minimum absolute atomic E-state index is 0.572. The fourth-order valence-corrected chi connectivity index (χ4v) is 3.52. The van der Waals surface area contributed by atoms with E-state index in [9.17, 15) is 0 Å². The molecule has 0 fully saturated rings. The van der Waals surface area contributed by atoms with Crippen molar-refractivity contribution in [3.8, 4) is 0 Å². The maximum atomic E-state index is 4.32. The number of nitrogens with one attached hydrogen (secondary N) is 1. The van der Waals surface area contributed by atoms with Gasteiger partial charge in [-0.25, -0.2) is 0 Å². The Hall–Kier alpha value is -0.640. The average Bonchev–Trinajstić information content (AvgIpc) is 2.85. The van der Waals surface area contributed by atoms with Gasteiger partial charge in [-0.2, -0.15) is 0 Å². The van der Waals surface area contributed by atoms with Crippen molar-refractivity contribution in [2.24, 2.45) is 5.92 Å². The van der Waals surface area contributed by atoms with Gasteiger partial charge in [0, 0.05) is 12.5 Å². The van der Waals surface area contributed by atoms with Gasteiger partial charge >= 0.3 is 0 Å². The summed E-state index contributed by atoms with van der Waals surface area (Å²) in [6, 6.07) is 0.572. The van der Waals surface area contributed by atoms with Crippen LogP contribution >= 0.6 is 11.3 Å². The second kappa shape index (κ2) is 11.0. The molecule has 0 saturated heterocycles. The molecule has 3 nitrogen and oxygen atoms in total. The third-order valence-corrected chi connectivity index (χ3v) is 4.57. The largest absolute Gasteiger partial charge is 0.357 e. The summed E-state index contributed by atoms with van der Waals surface area (Å²) in [4.78, 5) is 0. The Morgan fingerprint density at radius 3 is 2.10 bits per heavy atom. The smallest absolute Gasteiger partial charge is 0.205 e. The van der Waals surface area contributed by atoms with Gasteiger partial charge in [0.15, 0.2) is 0 Å². The standard InChI is InChI=1S/C17H33N3S/c1-5-7-9-11-15(12-10-8-6-2)18-17-20-19-16(21-17)13-14(3)4/h14-15H,5-13H2,1-4H3,(H,18,20). The first-order valence-corrected chi connectivity index (χ1v) is 9.56. The van der Waals surface area contributed by atoms with E-state index >= 15 is 0 Å². The predicted octanol–water partition coefficient (Wildman–Crippen LogP) is 5.68. The van der Waals surface area contributed by atoms with Gasteiger partial charge < -0.3 is 5.32 Å². The maximum absolute atomic E-state index is 4.32. The van der Waals surface area contributed by atoms with E-state index in [0.717, 1.165) is 16.6 Å². The molecule has 21 heavy (non-hydrogen) atoms. The molecule has 0 aromatic carbocycles. The lowest BCUT2D eigenvalue weighted by Crippen LogP contribution is -2.19. The van der Waals surface area contributed by atoms with Crippen molar-refractivity contribution in [3.05, 3.63) is 5.01 Å². The molecule has 0 aliphatic heterocycles. The summed E-state index contributed by atoms with van der Waals surface area (Å²) in [6.07, 6.45) is 11.4. The molecule has 4 heteroatoms. The molecule has 0 atom stereocenters. The number of hydrogen-bond donors (Lipinski definition) is 1. The number of hydrogen-bond acceptors (Lipinski definition) is 4. The van der Waals surface area contributed by atoms with Crippen LogP contribution in [0, 0.1) is 5.92 Å². The number of anilines is 1. The van der Waals surface area contributed by atoms with Crippen molar-refractivity contribution in [2.45, 2.75) is 91.5 Å². The van der Waals surface area contributed by atoms with E-state index in [0.29, 0.717) is 12.0 Å². The minimum Gasteiger partial charge on any atom is -0.357 e. The van der Waals surface area contributed by atoms with Crippen LogP contribution in [0.2, 0.25) is 0 Å². The number of nitrogens with zero attached hydrogens (tertiary/aromatic N) is 2. The maximum Gasteiger partial charge on any atom is 0.205 e. The van der Waals surface area contributed by atoms with Crippen molar-refractivity contribution < 1.29 is 0 Å². The van der Waals surface area contributed by atoms with Gasteiger partial charge in [0.25, 0.3) is 0 Å². The molecule has 0 unspecified atom stereocenters. The zero-order valence-electron chi connectivity index (χ0n) is 14.3. The molecule has 1 heterocycles. The van der Waals surface area contributed by atoms with Crippen molar-refractivity contribution in [2.75, 3.05) is 5.32 Å². The quantitative estimate of drug-likeness (QED) is 0.505. The third kappa shape index (κ3) is 8.40. The van der Waals surface area contributed by atoms with Crippen molar-refractivity contribution >= 4 is 16.5 Å². The van der Waals surface area contributed by atoms with Gasteiger partial charge in [0.1, 0.15) is 5.01 Å². The first kappa shape index (κ1) is 18.4. The fraction of sp³-hybridized carbons (Fsp3) is 0.882. The second-order valence-electron chi connectivity index (χ2n) is 6.43. The van der Waals surface area contributed by atoms with Crippen molar-refractivity contribution in [1.29, 1.82) is 0 Å². The minimum atomic E-state index is 0.572. The van der Waals surface area contributed by atoms with E-state index in [2.05, 4.69) is 43.2 Å². The summed E-state index contributed by atoms with van der Waals surface area (Å²) in [6.45, 7) is 8.99. The summed E-state index contributed by atoms with van der Waals surface area (Å²) in [5.41, 5.74) is 0. The molecule has 0 aliphatic carbocycles. The number of unbranched alkanes of at least 4 members (excludes halogenated alkanes) is 4. The highest BCUT2D eigenvalue weighted by atomic mass is 32.1. The monoisotopic (exact) mass is 311 g/mol. The van der Waals surface area contributed by atoms with E-state index in [1.54, 1.807) is 11.3 Å². The van der Waals surface area contributed by atoms with Crippen molar-refractivity contribution in [1.82, 2.24) is 10.2 Å². The van der Waals surface area contributed by atoms with Crippen LogP contribution in [0.3, 0.4) is 0 Å². The molecule has 0 amide bonds. The van der Waals surface area contributed by atoms with E-state index in [4.69, 9.17) is 0 Å². The zero-order valence-corrected chi connectivity index (χ0v) is 15.1. The van der Waals surface area contributed by atoms with Crippen LogP contribution in [0.25, 0.3) is 0 Å². The van der Waals surface area contributed by atoms with Gasteiger partial charge in [-0.1, -0.05) is 77.6 Å². The summed E-state index contributed by atoms with van der Waals surface area (Å²) in [5.74, 6) is 0.649. The van der Waals surface area contributed by atoms with Gasteiger partial charge in [-0.05, 0) is 18.8 Å². The van der Waals surface area contributed by atoms with Crippen LogP contribution in [0.1, 0.15) is 84.1 Å². The Morgan fingerprint density at radius 2 is 1.57 bits per heavy atom. The van der Waals surface area contributed by atoms with Crippen LogP contribution in [0.5, 0.6) is 0 Å². The van der Waals surface area contributed by atoms with Gasteiger partial charge in [-0.15, -0.1) is 10.2 Å². The first-order chi connectivity index (χ1) is 10.2. The molecule has 1 N–H and O–H groups in total. The Balaban J connectivity index is 2.46. The van der Waals surface area contributed by atoms with Crippen LogP contribution in [0.4, 0.5) is 5.13 Å². The lowest BCUT2D eigenvalue weighted by molar-refractivity contribution is 0.526. The Kier molecular flexibility index (Phi) is 9.64. The summed E-state index contributed by atoms with van der Waals surface area (Å²) in [7, 11) is 0. The van der Waals surface area contributed by atoms with E-state index in [1.165, 1.54) is 51.4 Å². The number of rotatable bonds is 12. The van der Waals surface area contributed by atoms with E-state index in [1.807, 2.05) is 0 Å². The van der Waals surface area contributed by atoms with Crippen LogP contribution < -0.4 is 5.32 Å². The van der Waals surface area contributed by atoms with Gasteiger partial charge in [0.2, 0.25) is 5.13 Å². The van der Waals surface area contributed by atoms with Crippen molar-refractivity contribution in [3.63, 3.8) is 0 Å². The Morgan fingerprint density at radius 1 is 0.952 bits per heavy atom. The molecule has 0 bridgehead atoms. The summed E-state index contributed by atoms with van der Waals surface area (Å²) >= 11 is 1.73. The van der Waals surface area contributed by atoms with Crippen LogP contribution in [-0.2, 0) is 6.42 Å². The molecule has 0 radical (unpaired) electrons. The van der Waals surface area contributed by atoms with Crippen LogP contribution in [0.15, 0.2) is 0 Å². The second-order valence-corrected chi connectivity index (χ2v) is 7.49. The highest BCUT2D eigenvalue weighted by molar-refractivity contribution is 7.15. The molecule has 1 aromatic heterocycles. The molecule has 0 aliphatic rings. The van der Waals surface area contributed by atoms with E-state index in [-0.39, 0.29) is 0 Å². The highest BCUT2D eigenvalue weighted by Gasteiger charge is 2.12. The predicted molar refractivity (Wildman–Crippen MR) is 94.1 cm³/mol. The fourth-order valence-electron chi connectivity index (χ4n) is 2.49. The first-order valence-electron chi connectivity index (χ1n) is 8.74. The molecule has 0 saturated carbocycles. The summed E-state index contributed by atoms with van der Waals surface area (Å²) < 4.78 is 0. The van der Waals surface area contributed by atoms with Crippen LogP contribution in [-0.4, -0.2) is 16.2 Å². The molecule has 0 spiro atoms. The van der Waals surface area contributed by atoms with E-state index < -0.39 is 0 Å². The highest BCUT2D eigenvalue weighted by Crippen LogP contribution is 2.22. The van der Waals surface area contributed by atoms with Gasteiger partial charge in [-0.3, -0.25) is 0 Å². The number of aromatic nitrogens is 2. The summed E-state index contributed by atoms with van der Waals surface area (Å²) in [5, 5.41) is 14.4. The molecule has 1 rings (SSSR count). The average molecular weight is 312 g/mol. The Bertz CT molecular complexity index is 353. The third-order valence-electron chi connectivity index (χ3n) is 3.69. The zero-order chi connectivity index (χ0) is 15.5. The lowest BCUT2D eigenvalue weighted by atomic mass is 10.0. The molecular formula is C17H33N3S. The normalized spacial score (nSPS) is 11.5. The molecule has 122 valence electrons. The molecular weight excluding hydrogens is 278 g/mol. The lowest BCUT2D eigenvalue weighted by Gasteiger charge is -2.17. The Labute approximate surface area is 135 Å². The SMILES string of the molecule is CCCCCC(CCCCC)Nc1nnc(CC(C)C)s1.